The Morgan fingerprint density at radius 1 is 1.20 bits per heavy atom. The van der Waals surface area contributed by atoms with Crippen LogP contribution in [0.4, 0.5) is 0 Å². The van der Waals surface area contributed by atoms with E-state index in [1.807, 2.05) is 0 Å². The average molecular weight is 206 g/mol. The van der Waals surface area contributed by atoms with Crippen molar-refractivity contribution in [2.45, 2.75) is 0 Å². The molecule has 10 heavy (non-hydrogen) atoms. The van der Waals surface area contributed by atoms with Crippen LogP contribution in [-0.4, -0.2) is 32.9 Å². The minimum absolute atomic E-state index is 0.137. The van der Waals surface area contributed by atoms with E-state index in [0.29, 0.717) is 0 Å². The van der Waals surface area contributed by atoms with E-state index >= 15 is 0 Å². The minimum Gasteiger partial charge on any atom is -0.274 e. The van der Waals surface area contributed by atoms with Crippen molar-refractivity contribution in [2.75, 3.05) is 11.5 Å². The first-order valence-electron chi connectivity index (χ1n) is 2.12. The van der Waals surface area contributed by atoms with Gasteiger partial charge in [-0.25, -0.2) is 8.42 Å². The van der Waals surface area contributed by atoms with Gasteiger partial charge < -0.3 is 0 Å². The maximum Gasteiger partial charge on any atom is 0.372 e. The van der Waals surface area contributed by atoms with Crippen LogP contribution in [0.3, 0.4) is 0 Å². The standard InChI is InChI=1S/C2H6O5S3/c3-9(4,2-1-8)10(5,6)7/h8H,1-2H2,(H,5,6,7). The van der Waals surface area contributed by atoms with Gasteiger partial charge in [-0.05, 0) is 0 Å². The van der Waals surface area contributed by atoms with Gasteiger partial charge in [0.05, 0.1) is 5.75 Å². The summed E-state index contributed by atoms with van der Waals surface area (Å²) in [6, 6.07) is 0. The molecule has 0 aromatic carbocycles. The van der Waals surface area contributed by atoms with E-state index in [1.54, 1.807) is 0 Å². The molecule has 0 radical (unpaired) electrons. The molecule has 8 heteroatoms. The lowest BCUT2D eigenvalue weighted by molar-refractivity contribution is 0.493. The Morgan fingerprint density at radius 2 is 1.60 bits per heavy atom. The van der Waals surface area contributed by atoms with Crippen molar-refractivity contribution >= 4 is 30.6 Å². The zero-order valence-corrected chi connectivity index (χ0v) is 7.29. The summed E-state index contributed by atoms with van der Waals surface area (Å²) in [6.45, 7) is 0. The van der Waals surface area contributed by atoms with Crippen LogP contribution in [0.15, 0.2) is 0 Å². The lowest BCUT2D eigenvalue weighted by Crippen LogP contribution is -2.18. The van der Waals surface area contributed by atoms with Gasteiger partial charge in [0, 0.05) is 5.75 Å². The molecule has 0 amide bonds. The van der Waals surface area contributed by atoms with Crippen LogP contribution < -0.4 is 0 Å². The van der Waals surface area contributed by atoms with Crippen LogP contribution in [0.1, 0.15) is 0 Å². The van der Waals surface area contributed by atoms with E-state index in [9.17, 15) is 16.8 Å². The van der Waals surface area contributed by atoms with E-state index in [-0.39, 0.29) is 5.75 Å². The molecule has 0 bridgehead atoms. The van der Waals surface area contributed by atoms with Gasteiger partial charge in [-0.3, -0.25) is 4.55 Å². The van der Waals surface area contributed by atoms with E-state index in [0.717, 1.165) is 0 Å². The molecule has 0 aromatic heterocycles. The monoisotopic (exact) mass is 206 g/mol. The molecule has 0 rings (SSSR count). The van der Waals surface area contributed by atoms with Crippen molar-refractivity contribution in [2.24, 2.45) is 0 Å². The second kappa shape index (κ2) is 3.07. The molecule has 0 saturated heterocycles. The third kappa shape index (κ3) is 2.45. The average Bonchev–Trinajstić information content (AvgIpc) is 1.61. The van der Waals surface area contributed by atoms with Gasteiger partial charge >= 0.3 is 9.15 Å². The molecule has 5 nitrogen and oxygen atoms in total. The number of thiol groups is 1. The Bertz CT molecular complexity index is 283. The fourth-order valence-corrected chi connectivity index (χ4v) is 2.62. The molecule has 0 saturated carbocycles. The first kappa shape index (κ1) is 10.2. The third-order valence-corrected chi connectivity index (χ3v) is 4.96. The fourth-order valence-electron chi connectivity index (χ4n) is 0.217. The van der Waals surface area contributed by atoms with Crippen molar-refractivity contribution in [3.05, 3.63) is 0 Å². The predicted octanol–water partition coefficient (Wildman–Crippen LogP) is -0.866. The van der Waals surface area contributed by atoms with Crippen molar-refractivity contribution < 1.29 is 21.4 Å². The highest BCUT2D eigenvalue weighted by Gasteiger charge is 2.25. The van der Waals surface area contributed by atoms with Gasteiger partial charge in [-0.15, -0.1) is 0 Å². The molecule has 0 heterocycles. The highest BCUT2D eigenvalue weighted by Crippen LogP contribution is 1.99. The summed E-state index contributed by atoms with van der Waals surface area (Å²) in [7, 11) is -9.34. The number of rotatable bonds is 3. The molecule has 62 valence electrons. The summed E-state index contributed by atoms with van der Waals surface area (Å²) in [5, 5.41) is 0. The summed E-state index contributed by atoms with van der Waals surface area (Å²) in [6.07, 6.45) is 0. The zero-order valence-electron chi connectivity index (χ0n) is 4.76. The zero-order chi connectivity index (χ0) is 8.41. The van der Waals surface area contributed by atoms with Gasteiger partial charge in [-0.2, -0.15) is 21.0 Å². The Hall–Kier alpha value is 0.210. The maximum atomic E-state index is 10.4. The second-order valence-corrected chi connectivity index (χ2v) is 7.03. The summed E-state index contributed by atoms with van der Waals surface area (Å²) in [4.78, 5) is 0. The first-order chi connectivity index (χ1) is 4.31. The molecule has 0 spiro atoms. The van der Waals surface area contributed by atoms with Crippen LogP contribution in [0.25, 0.3) is 0 Å². The Labute approximate surface area is 63.9 Å². The summed E-state index contributed by atoms with van der Waals surface area (Å²) in [5.41, 5.74) is 0. The quantitative estimate of drug-likeness (QED) is 0.356. The van der Waals surface area contributed by atoms with Crippen LogP contribution in [0.2, 0.25) is 0 Å². The molecule has 1 N–H and O–H groups in total. The maximum absolute atomic E-state index is 10.4. The fraction of sp³-hybridized carbons (Fsp3) is 1.00. The number of hydrogen-bond donors (Lipinski definition) is 2. The third-order valence-electron chi connectivity index (χ3n) is 0.662. The highest BCUT2D eigenvalue weighted by atomic mass is 33.2. The molecule has 0 atom stereocenters. The first-order valence-corrected chi connectivity index (χ1v) is 6.36. The number of hydrogen-bond acceptors (Lipinski definition) is 5. The van der Waals surface area contributed by atoms with Crippen LogP contribution >= 0.6 is 12.6 Å². The minimum atomic E-state index is -4.94. The van der Waals surface area contributed by atoms with Crippen molar-refractivity contribution in [3.8, 4) is 0 Å². The Kier molecular flexibility index (Phi) is 3.14. The molecule has 0 aliphatic carbocycles. The van der Waals surface area contributed by atoms with E-state index < -0.39 is 23.8 Å². The lowest BCUT2D eigenvalue weighted by Gasteiger charge is -1.94. The normalized spacial score (nSPS) is 13.4. The van der Waals surface area contributed by atoms with E-state index in [4.69, 9.17) is 4.55 Å². The van der Waals surface area contributed by atoms with E-state index in [1.165, 1.54) is 0 Å². The lowest BCUT2D eigenvalue weighted by atomic mass is 11.0. The van der Waals surface area contributed by atoms with Crippen LogP contribution in [0.5, 0.6) is 0 Å². The molecule has 0 unspecified atom stereocenters. The van der Waals surface area contributed by atoms with Crippen molar-refractivity contribution in [1.82, 2.24) is 0 Å². The molecule has 0 aliphatic heterocycles. The van der Waals surface area contributed by atoms with Gasteiger partial charge in [0.15, 0.2) is 0 Å². The van der Waals surface area contributed by atoms with Gasteiger partial charge in [0.2, 0.25) is 0 Å². The summed E-state index contributed by atoms with van der Waals surface area (Å²) < 4.78 is 48.7. The molecular formula is C2H6O5S3. The largest absolute Gasteiger partial charge is 0.372 e. The molecule has 0 aliphatic rings. The highest BCUT2D eigenvalue weighted by molar-refractivity contribution is 8.65. The summed E-state index contributed by atoms with van der Waals surface area (Å²) >= 11 is 3.49. The summed E-state index contributed by atoms with van der Waals surface area (Å²) in [5.74, 6) is -0.808. The SMILES string of the molecule is O=S(=O)(O)S(=O)(=O)CCS. The molecule has 0 aromatic rings. The van der Waals surface area contributed by atoms with Crippen LogP contribution in [0, 0.1) is 0 Å². The van der Waals surface area contributed by atoms with E-state index in [2.05, 4.69) is 12.6 Å². The van der Waals surface area contributed by atoms with Gasteiger partial charge in [0.1, 0.15) is 0 Å². The van der Waals surface area contributed by atoms with Crippen molar-refractivity contribution in [1.29, 1.82) is 0 Å². The Balaban J connectivity index is 4.80. The topological polar surface area (TPSA) is 88.5 Å². The van der Waals surface area contributed by atoms with Gasteiger partial charge in [-0.1, -0.05) is 0 Å². The Morgan fingerprint density at radius 3 is 1.70 bits per heavy atom. The van der Waals surface area contributed by atoms with Crippen LogP contribution in [-0.2, 0) is 18.0 Å². The molecular weight excluding hydrogens is 200 g/mol. The second-order valence-electron chi connectivity index (χ2n) is 1.41. The molecule has 0 fully saturated rings. The smallest absolute Gasteiger partial charge is 0.274 e. The van der Waals surface area contributed by atoms with Gasteiger partial charge in [0.25, 0.3) is 8.87 Å². The van der Waals surface area contributed by atoms with Crippen molar-refractivity contribution in [3.63, 3.8) is 0 Å². The predicted molar refractivity (Wildman–Crippen MR) is 39.2 cm³/mol.